The van der Waals surface area contributed by atoms with E-state index in [9.17, 15) is 17.5 Å². The molecule has 0 fully saturated rings. The van der Waals surface area contributed by atoms with Gasteiger partial charge in [0.15, 0.2) is 0 Å². The van der Waals surface area contributed by atoms with Gasteiger partial charge in [-0.3, -0.25) is 9.19 Å². The third kappa shape index (κ3) is 4.43. The molecule has 1 atom stereocenters. The first kappa shape index (κ1) is 13.9. The van der Waals surface area contributed by atoms with E-state index in [1.54, 1.807) is 0 Å². The van der Waals surface area contributed by atoms with E-state index in [1.807, 2.05) is 0 Å². The molecule has 0 bridgehead atoms. The van der Waals surface area contributed by atoms with Gasteiger partial charge in [0.1, 0.15) is 5.75 Å². The molecule has 0 saturated carbocycles. The van der Waals surface area contributed by atoms with E-state index in [1.165, 1.54) is 0 Å². The predicted molar refractivity (Wildman–Crippen MR) is 38.1 cm³/mol. The van der Waals surface area contributed by atoms with Crippen LogP contribution in [0.2, 0.25) is 0 Å². The summed E-state index contributed by atoms with van der Waals surface area (Å²) < 4.78 is 47.9. The first-order valence-corrected chi connectivity index (χ1v) is 4.16. The molecule has 72 valence electrons. The Morgan fingerprint density at radius 3 is 2.64 bits per heavy atom. The summed E-state index contributed by atoms with van der Waals surface area (Å²) in [5, 5.41) is 0. The minimum absolute atomic E-state index is 0. The Morgan fingerprint density at radius 1 is 1.50 bits per heavy atom. The first-order chi connectivity index (χ1) is 6.09. The van der Waals surface area contributed by atoms with Gasteiger partial charge in [-0.05, 0) is 17.1 Å². The van der Waals surface area contributed by atoms with Crippen molar-refractivity contribution in [2.24, 2.45) is 0 Å². The molecular weight excluding hydrogens is 227 g/mol. The van der Waals surface area contributed by atoms with Crippen molar-refractivity contribution in [2.45, 2.75) is 11.5 Å². The molecule has 0 spiro atoms. The van der Waals surface area contributed by atoms with Crippen molar-refractivity contribution in [3.05, 3.63) is 18.5 Å². The SMILES string of the molecule is O=S([O-])c1cncc(OC(F)F)c1.[Na+]. The Labute approximate surface area is 103 Å². The average molecular weight is 231 g/mol. The van der Waals surface area contributed by atoms with E-state index in [0.29, 0.717) is 0 Å². The number of aromatic nitrogens is 1. The van der Waals surface area contributed by atoms with Gasteiger partial charge in [-0.1, -0.05) is 0 Å². The van der Waals surface area contributed by atoms with Crippen molar-refractivity contribution in [3.63, 3.8) is 0 Å². The molecule has 0 aromatic carbocycles. The van der Waals surface area contributed by atoms with Crippen LogP contribution in [0.1, 0.15) is 0 Å². The van der Waals surface area contributed by atoms with E-state index in [2.05, 4.69) is 9.72 Å². The van der Waals surface area contributed by atoms with Crippen molar-refractivity contribution in [1.29, 1.82) is 0 Å². The molecular formula is C6H4F2NNaO3S. The number of hydrogen-bond acceptors (Lipinski definition) is 4. The monoisotopic (exact) mass is 231 g/mol. The maximum Gasteiger partial charge on any atom is 1.00 e. The van der Waals surface area contributed by atoms with Crippen LogP contribution in [0.5, 0.6) is 5.75 Å². The Balaban J connectivity index is 0.00000169. The zero-order valence-corrected chi connectivity index (χ0v) is 9.96. The average Bonchev–Trinajstić information content (AvgIpc) is 2.03. The van der Waals surface area contributed by atoms with Gasteiger partial charge < -0.3 is 9.29 Å². The zero-order valence-electron chi connectivity index (χ0n) is 7.15. The van der Waals surface area contributed by atoms with Crippen molar-refractivity contribution in [3.8, 4) is 5.75 Å². The van der Waals surface area contributed by atoms with Gasteiger partial charge in [0.25, 0.3) is 0 Å². The topological polar surface area (TPSA) is 62.2 Å². The van der Waals surface area contributed by atoms with Gasteiger partial charge in [-0.15, -0.1) is 0 Å². The summed E-state index contributed by atoms with van der Waals surface area (Å²) in [6.45, 7) is -2.99. The van der Waals surface area contributed by atoms with Crippen molar-refractivity contribution < 1.29 is 51.8 Å². The Morgan fingerprint density at radius 2 is 2.14 bits per heavy atom. The number of halogens is 2. The van der Waals surface area contributed by atoms with Crippen LogP contribution in [0.3, 0.4) is 0 Å². The Kier molecular flexibility index (Phi) is 6.38. The van der Waals surface area contributed by atoms with Gasteiger partial charge in [0.2, 0.25) is 0 Å². The molecule has 14 heavy (non-hydrogen) atoms. The maximum atomic E-state index is 11.6. The number of rotatable bonds is 3. The fourth-order valence-corrected chi connectivity index (χ4v) is 1.02. The fraction of sp³-hybridized carbons (Fsp3) is 0.167. The second-order valence-corrected chi connectivity index (χ2v) is 2.91. The molecule has 0 N–H and O–H groups in total. The minimum atomic E-state index is -2.99. The number of pyridine rings is 1. The van der Waals surface area contributed by atoms with Gasteiger partial charge >= 0.3 is 36.2 Å². The van der Waals surface area contributed by atoms with Crippen molar-refractivity contribution >= 4 is 11.1 Å². The number of ether oxygens (including phenoxy) is 1. The van der Waals surface area contributed by atoms with Crippen LogP contribution >= 0.6 is 0 Å². The predicted octanol–water partition coefficient (Wildman–Crippen LogP) is -2.07. The van der Waals surface area contributed by atoms with E-state index < -0.39 is 17.7 Å². The number of nitrogens with zero attached hydrogens (tertiary/aromatic N) is 1. The quantitative estimate of drug-likeness (QED) is 0.442. The van der Waals surface area contributed by atoms with Crippen LogP contribution in [-0.2, 0) is 11.1 Å². The van der Waals surface area contributed by atoms with Crippen LogP contribution in [-0.4, -0.2) is 20.4 Å². The third-order valence-electron chi connectivity index (χ3n) is 1.11. The van der Waals surface area contributed by atoms with Gasteiger partial charge in [-0.25, -0.2) is 0 Å². The maximum absolute atomic E-state index is 11.6. The molecule has 8 heteroatoms. The van der Waals surface area contributed by atoms with Crippen LogP contribution in [0.15, 0.2) is 23.4 Å². The second-order valence-electron chi connectivity index (χ2n) is 1.97. The summed E-state index contributed by atoms with van der Waals surface area (Å²) in [6, 6.07) is 0.961. The molecule has 0 saturated heterocycles. The van der Waals surface area contributed by atoms with Crippen LogP contribution < -0.4 is 34.3 Å². The normalized spacial score (nSPS) is 12.0. The molecule has 0 aliphatic carbocycles. The summed E-state index contributed by atoms with van der Waals surface area (Å²) in [5.41, 5.74) is 0. The molecule has 1 rings (SSSR count). The summed E-state index contributed by atoms with van der Waals surface area (Å²) in [5.74, 6) is -0.281. The molecule has 0 amide bonds. The summed E-state index contributed by atoms with van der Waals surface area (Å²) in [7, 11) is 0. The van der Waals surface area contributed by atoms with Gasteiger partial charge in [0.05, 0.1) is 6.20 Å². The number of alkyl halides is 2. The smallest absolute Gasteiger partial charge is 0.768 e. The largest absolute Gasteiger partial charge is 1.00 e. The van der Waals surface area contributed by atoms with E-state index in [4.69, 9.17) is 0 Å². The summed E-state index contributed by atoms with van der Waals surface area (Å²) in [6.07, 6.45) is 2.03. The standard InChI is InChI=1S/C6H5F2NO3S.Na/c7-6(8)12-4-1-5(13(10)11)3-9-2-4;/h1-3,6H,(H,10,11);/q;+1/p-1. The molecule has 1 aromatic heterocycles. The first-order valence-electron chi connectivity index (χ1n) is 3.08. The van der Waals surface area contributed by atoms with Crippen LogP contribution in [0.25, 0.3) is 0 Å². The van der Waals surface area contributed by atoms with Crippen molar-refractivity contribution in [1.82, 2.24) is 4.98 Å². The fourth-order valence-electron chi connectivity index (χ4n) is 0.657. The number of hydrogen-bond donors (Lipinski definition) is 0. The Hall–Kier alpha value is -0.0800. The van der Waals surface area contributed by atoms with Crippen LogP contribution in [0, 0.1) is 0 Å². The molecule has 4 nitrogen and oxygen atoms in total. The molecule has 0 aliphatic heterocycles. The van der Waals surface area contributed by atoms with Gasteiger partial charge in [0, 0.05) is 11.1 Å². The molecule has 0 aliphatic rings. The third-order valence-corrected chi connectivity index (χ3v) is 1.71. The van der Waals surface area contributed by atoms with E-state index in [0.717, 1.165) is 18.5 Å². The van der Waals surface area contributed by atoms with Gasteiger partial charge in [-0.2, -0.15) is 8.78 Å². The van der Waals surface area contributed by atoms with E-state index in [-0.39, 0.29) is 40.2 Å². The zero-order chi connectivity index (χ0) is 9.84. The van der Waals surface area contributed by atoms with Crippen LogP contribution in [0.4, 0.5) is 8.78 Å². The summed E-state index contributed by atoms with van der Waals surface area (Å²) in [4.78, 5) is 3.21. The van der Waals surface area contributed by atoms with E-state index >= 15 is 0 Å². The Bertz CT molecular complexity index is 326. The minimum Gasteiger partial charge on any atom is -0.768 e. The molecule has 0 radical (unpaired) electrons. The van der Waals surface area contributed by atoms with Crippen molar-refractivity contribution in [2.75, 3.05) is 0 Å². The molecule has 1 unspecified atom stereocenters. The summed E-state index contributed by atoms with van der Waals surface area (Å²) >= 11 is -2.49. The second kappa shape index (κ2) is 6.41. The molecule has 1 aromatic rings. The molecule has 1 heterocycles.